The molecule has 11 nitrogen and oxygen atoms in total. The van der Waals surface area contributed by atoms with Crippen LogP contribution in [0.25, 0.3) is 23.0 Å². The number of carbonyl (C=O) groups is 1. The molecule has 0 aliphatic carbocycles. The SMILES string of the molecule is Cc1cc(-c2nc(-c3cc(C)c(OC[C@@H](O)CC(O)C(N)=O)c(C)c3)no2)nc(N(C)C)n1. The first kappa shape index (κ1) is 24.1. The number of aliphatic hydroxyl groups excluding tert-OH is 2. The van der Waals surface area contributed by atoms with E-state index in [1.807, 2.05) is 47.0 Å². The zero-order chi connectivity index (χ0) is 24.3. The Bertz CT molecular complexity index is 1120. The highest BCUT2D eigenvalue weighted by molar-refractivity contribution is 5.78. The minimum absolute atomic E-state index is 0.0982. The van der Waals surface area contributed by atoms with Gasteiger partial charge >= 0.3 is 0 Å². The maximum absolute atomic E-state index is 10.9. The van der Waals surface area contributed by atoms with E-state index in [0.29, 0.717) is 23.2 Å². The molecule has 4 N–H and O–H groups in total. The standard InChI is InChI=1S/C22H28N6O5/c1-11-6-14(7-12(2)18(11)32-10-15(29)9-17(30)19(23)31)20-26-21(33-27-20)16-8-13(3)24-22(25-16)28(4)5/h6-8,15,17,29-30H,9-10H2,1-5H3,(H2,23,31)/t15-,17?/m0/s1. The molecule has 2 atom stereocenters. The van der Waals surface area contributed by atoms with Crippen molar-refractivity contribution in [2.75, 3.05) is 25.6 Å². The number of ether oxygens (including phenoxy) is 1. The monoisotopic (exact) mass is 456 g/mol. The van der Waals surface area contributed by atoms with Crippen molar-refractivity contribution >= 4 is 11.9 Å². The summed E-state index contributed by atoms with van der Waals surface area (Å²) in [5.74, 6) is 0.918. The highest BCUT2D eigenvalue weighted by atomic mass is 16.5. The highest BCUT2D eigenvalue weighted by Gasteiger charge is 2.19. The van der Waals surface area contributed by atoms with E-state index in [1.165, 1.54) is 0 Å². The predicted octanol–water partition coefficient (Wildman–Crippen LogP) is 1.16. The number of carbonyl (C=O) groups excluding carboxylic acids is 1. The second-order valence-corrected chi connectivity index (χ2v) is 8.07. The highest BCUT2D eigenvalue weighted by Crippen LogP contribution is 2.30. The van der Waals surface area contributed by atoms with Crippen LogP contribution in [-0.4, -0.2) is 69.1 Å². The zero-order valence-electron chi connectivity index (χ0n) is 19.2. The Hall–Kier alpha value is -3.57. The molecule has 0 saturated carbocycles. The second-order valence-electron chi connectivity index (χ2n) is 8.07. The molecule has 1 amide bonds. The molecule has 2 heterocycles. The summed E-state index contributed by atoms with van der Waals surface area (Å²) in [7, 11) is 3.71. The van der Waals surface area contributed by atoms with Gasteiger partial charge in [0.15, 0.2) is 0 Å². The lowest BCUT2D eigenvalue weighted by Crippen LogP contribution is -2.33. The third kappa shape index (κ3) is 5.82. The minimum atomic E-state index is -1.42. The van der Waals surface area contributed by atoms with Gasteiger partial charge in [-0.3, -0.25) is 4.79 Å². The lowest BCUT2D eigenvalue weighted by atomic mass is 10.1. The summed E-state index contributed by atoms with van der Waals surface area (Å²) in [6, 6.07) is 5.47. The lowest BCUT2D eigenvalue weighted by molar-refractivity contribution is -0.127. The molecule has 176 valence electrons. The van der Waals surface area contributed by atoms with Crippen LogP contribution in [0.3, 0.4) is 0 Å². The Balaban J connectivity index is 1.78. The smallest absolute Gasteiger partial charge is 0.277 e. The first-order chi connectivity index (χ1) is 15.5. The van der Waals surface area contributed by atoms with Crippen LogP contribution < -0.4 is 15.4 Å². The van der Waals surface area contributed by atoms with Crippen molar-refractivity contribution in [3.05, 3.63) is 35.0 Å². The van der Waals surface area contributed by atoms with Crippen molar-refractivity contribution < 1.29 is 24.3 Å². The Morgan fingerprint density at radius 1 is 1.12 bits per heavy atom. The number of hydrogen-bond acceptors (Lipinski definition) is 10. The number of aryl methyl sites for hydroxylation is 3. The molecule has 0 aliphatic heterocycles. The van der Waals surface area contributed by atoms with Gasteiger partial charge in [-0.15, -0.1) is 0 Å². The van der Waals surface area contributed by atoms with E-state index in [2.05, 4.69) is 20.1 Å². The number of rotatable bonds is 9. The van der Waals surface area contributed by atoms with E-state index in [1.54, 1.807) is 11.0 Å². The topological polar surface area (TPSA) is 161 Å². The summed E-state index contributed by atoms with van der Waals surface area (Å²) in [4.78, 5) is 26.0. The van der Waals surface area contributed by atoms with Crippen LogP contribution in [0.2, 0.25) is 0 Å². The van der Waals surface area contributed by atoms with Crippen LogP contribution in [0, 0.1) is 20.8 Å². The summed E-state index contributed by atoms with van der Waals surface area (Å²) in [5.41, 5.74) is 8.65. The van der Waals surface area contributed by atoms with Crippen LogP contribution in [0.15, 0.2) is 22.7 Å². The van der Waals surface area contributed by atoms with Crippen molar-refractivity contribution in [3.63, 3.8) is 0 Å². The number of amides is 1. The quantitative estimate of drug-likeness (QED) is 0.426. The Labute approximate surface area is 191 Å². The van der Waals surface area contributed by atoms with Crippen molar-refractivity contribution in [1.82, 2.24) is 20.1 Å². The summed E-state index contributed by atoms with van der Waals surface area (Å²) < 4.78 is 11.2. The van der Waals surface area contributed by atoms with Gasteiger partial charge in [-0.05, 0) is 50.1 Å². The van der Waals surface area contributed by atoms with Gasteiger partial charge in [0.1, 0.15) is 24.2 Å². The number of nitrogens with two attached hydrogens (primary N) is 1. The van der Waals surface area contributed by atoms with Crippen LogP contribution in [-0.2, 0) is 4.79 Å². The maximum atomic E-state index is 10.9. The molecule has 3 rings (SSSR count). The third-order valence-corrected chi connectivity index (χ3v) is 4.85. The predicted molar refractivity (Wildman–Crippen MR) is 121 cm³/mol. The second kappa shape index (κ2) is 9.92. The number of aromatic nitrogens is 4. The van der Waals surface area contributed by atoms with Gasteiger partial charge in [0.05, 0.1) is 6.10 Å². The Morgan fingerprint density at radius 2 is 1.79 bits per heavy atom. The average molecular weight is 457 g/mol. The molecule has 1 aromatic carbocycles. The number of hydrogen-bond donors (Lipinski definition) is 3. The van der Waals surface area contributed by atoms with Gasteiger partial charge in [0, 0.05) is 31.8 Å². The molecule has 0 fully saturated rings. The summed E-state index contributed by atoms with van der Waals surface area (Å²) in [6.45, 7) is 5.48. The van der Waals surface area contributed by atoms with E-state index >= 15 is 0 Å². The zero-order valence-corrected chi connectivity index (χ0v) is 19.2. The lowest BCUT2D eigenvalue weighted by Gasteiger charge is -2.17. The fourth-order valence-electron chi connectivity index (χ4n) is 3.24. The number of aliphatic hydroxyl groups is 2. The largest absolute Gasteiger partial charge is 0.490 e. The van der Waals surface area contributed by atoms with Gasteiger partial charge in [0.2, 0.25) is 17.7 Å². The van der Waals surface area contributed by atoms with Crippen molar-refractivity contribution in [2.24, 2.45) is 5.73 Å². The Morgan fingerprint density at radius 3 is 2.39 bits per heavy atom. The number of primary amides is 1. The normalized spacial score (nSPS) is 12.9. The van der Waals surface area contributed by atoms with Crippen LogP contribution >= 0.6 is 0 Å². The summed E-state index contributed by atoms with van der Waals surface area (Å²) in [5, 5.41) is 23.6. The fourth-order valence-corrected chi connectivity index (χ4v) is 3.24. The molecule has 33 heavy (non-hydrogen) atoms. The van der Waals surface area contributed by atoms with Crippen LogP contribution in [0.5, 0.6) is 5.75 Å². The van der Waals surface area contributed by atoms with E-state index in [0.717, 1.165) is 22.4 Å². The molecule has 2 aromatic heterocycles. The minimum Gasteiger partial charge on any atom is -0.490 e. The third-order valence-electron chi connectivity index (χ3n) is 4.85. The van der Waals surface area contributed by atoms with E-state index in [-0.39, 0.29) is 18.9 Å². The molecule has 0 bridgehead atoms. The molecule has 0 radical (unpaired) electrons. The first-order valence-corrected chi connectivity index (χ1v) is 10.3. The van der Waals surface area contributed by atoms with Crippen LogP contribution in [0.1, 0.15) is 23.2 Å². The molecule has 0 saturated heterocycles. The first-order valence-electron chi connectivity index (χ1n) is 10.3. The maximum Gasteiger partial charge on any atom is 0.277 e. The van der Waals surface area contributed by atoms with Gasteiger partial charge in [-0.1, -0.05) is 5.16 Å². The van der Waals surface area contributed by atoms with Gasteiger partial charge in [0.25, 0.3) is 5.89 Å². The fraction of sp³-hybridized carbons (Fsp3) is 0.409. The van der Waals surface area contributed by atoms with Crippen molar-refractivity contribution in [3.8, 4) is 28.7 Å². The van der Waals surface area contributed by atoms with Gasteiger partial charge < -0.3 is 30.1 Å². The molecular formula is C22H28N6O5. The molecule has 0 spiro atoms. The molecule has 0 aliphatic rings. The van der Waals surface area contributed by atoms with Gasteiger partial charge in [-0.25, -0.2) is 9.97 Å². The number of benzene rings is 1. The number of anilines is 1. The molecular weight excluding hydrogens is 428 g/mol. The molecule has 11 heteroatoms. The Kier molecular flexibility index (Phi) is 7.24. The molecule has 3 aromatic rings. The van der Waals surface area contributed by atoms with Crippen molar-refractivity contribution in [2.45, 2.75) is 39.4 Å². The van der Waals surface area contributed by atoms with E-state index < -0.39 is 18.1 Å². The molecule has 1 unspecified atom stereocenters. The van der Waals surface area contributed by atoms with E-state index in [9.17, 15) is 15.0 Å². The summed E-state index contributed by atoms with van der Waals surface area (Å²) >= 11 is 0. The number of nitrogens with zero attached hydrogens (tertiary/aromatic N) is 5. The van der Waals surface area contributed by atoms with Crippen LogP contribution in [0.4, 0.5) is 5.95 Å². The van der Waals surface area contributed by atoms with Crippen molar-refractivity contribution in [1.29, 1.82) is 0 Å². The average Bonchev–Trinajstić information content (AvgIpc) is 3.22. The van der Waals surface area contributed by atoms with E-state index in [4.69, 9.17) is 15.0 Å². The summed E-state index contributed by atoms with van der Waals surface area (Å²) in [6.07, 6.45) is -2.67. The van der Waals surface area contributed by atoms with Gasteiger partial charge in [-0.2, -0.15) is 4.98 Å².